The average molecular weight is 437 g/mol. The topological polar surface area (TPSA) is 89.4 Å². The fraction of sp³-hybridized carbons (Fsp3) is 0.263. The molecule has 0 atom stereocenters. The molecule has 2 rings (SSSR count). The number of carbonyl (C=O) groups excluding carboxylic acids is 1. The number of nitrogens with zero attached hydrogens (tertiary/aromatic N) is 1. The molecule has 0 spiro atoms. The van der Waals surface area contributed by atoms with Gasteiger partial charge in [0.2, 0.25) is 0 Å². The molecule has 0 unspecified atom stereocenters. The van der Waals surface area contributed by atoms with Crippen LogP contribution in [0.25, 0.3) is 0 Å². The lowest BCUT2D eigenvalue weighted by Gasteiger charge is -2.11. The zero-order valence-electron chi connectivity index (χ0n) is 15.3. The first kappa shape index (κ1) is 20.6. The minimum Gasteiger partial charge on any atom is -0.503 e. The monoisotopic (exact) mass is 436 g/mol. The second-order valence-corrected chi connectivity index (χ2v) is 6.13. The summed E-state index contributed by atoms with van der Waals surface area (Å²) in [7, 11) is 1.45. The minimum absolute atomic E-state index is 0.00322. The summed E-state index contributed by atoms with van der Waals surface area (Å²) in [5.74, 6) is 0.991. The van der Waals surface area contributed by atoms with Crippen molar-refractivity contribution in [1.29, 1.82) is 0 Å². The van der Waals surface area contributed by atoms with Gasteiger partial charge in [0.15, 0.2) is 23.0 Å². The van der Waals surface area contributed by atoms with Gasteiger partial charge in [-0.1, -0.05) is 0 Å². The summed E-state index contributed by atoms with van der Waals surface area (Å²) in [4.78, 5) is 12.3. The van der Waals surface area contributed by atoms with E-state index < -0.39 is 0 Å². The van der Waals surface area contributed by atoms with Crippen LogP contribution in [0.15, 0.2) is 39.9 Å². The van der Waals surface area contributed by atoms with Crippen molar-refractivity contribution in [2.24, 2.45) is 5.10 Å². The highest BCUT2D eigenvalue weighted by Gasteiger charge is 2.11. The van der Waals surface area contributed by atoms with Crippen molar-refractivity contribution in [3.63, 3.8) is 0 Å². The lowest BCUT2D eigenvalue weighted by atomic mass is 10.2. The molecule has 0 saturated heterocycles. The van der Waals surface area contributed by atoms with Crippen LogP contribution in [0, 0.1) is 0 Å². The van der Waals surface area contributed by atoms with Crippen LogP contribution in [0.3, 0.4) is 0 Å². The van der Waals surface area contributed by atoms with Crippen LogP contribution < -0.4 is 19.6 Å². The van der Waals surface area contributed by atoms with Crippen molar-refractivity contribution in [3.8, 4) is 23.0 Å². The second-order valence-electron chi connectivity index (χ2n) is 5.28. The highest BCUT2D eigenvalue weighted by atomic mass is 79.9. The van der Waals surface area contributed by atoms with E-state index in [1.807, 2.05) is 13.8 Å². The predicted molar refractivity (Wildman–Crippen MR) is 106 cm³/mol. The van der Waals surface area contributed by atoms with Gasteiger partial charge >= 0.3 is 0 Å². The van der Waals surface area contributed by atoms with E-state index in [0.29, 0.717) is 46.1 Å². The number of amides is 1. The third kappa shape index (κ3) is 5.37. The molecule has 7 nitrogen and oxygen atoms in total. The molecule has 8 heteroatoms. The molecule has 27 heavy (non-hydrogen) atoms. The van der Waals surface area contributed by atoms with Gasteiger partial charge in [0.05, 0.1) is 31.0 Å². The van der Waals surface area contributed by atoms with Crippen LogP contribution in [0.4, 0.5) is 0 Å². The van der Waals surface area contributed by atoms with Crippen LogP contribution in [0.1, 0.15) is 29.8 Å². The van der Waals surface area contributed by atoms with Gasteiger partial charge in [-0.3, -0.25) is 4.79 Å². The maximum atomic E-state index is 12.3. The van der Waals surface area contributed by atoms with Crippen LogP contribution in [0.5, 0.6) is 23.0 Å². The van der Waals surface area contributed by atoms with Crippen LogP contribution in [-0.4, -0.2) is 37.6 Å². The molecule has 2 aromatic carbocycles. The fourth-order valence-electron chi connectivity index (χ4n) is 2.25. The van der Waals surface area contributed by atoms with Crippen LogP contribution in [0.2, 0.25) is 0 Å². The number of phenols is 1. The number of methoxy groups -OCH3 is 1. The van der Waals surface area contributed by atoms with E-state index in [4.69, 9.17) is 14.2 Å². The van der Waals surface area contributed by atoms with Crippen molar-refractivity contribution < 1.29 is 24.1 Å². The first-order valence-corrected chi connectivity index (χ1v) is 9.09. The lowest BCUT2D eigenvalue weighted by Crippen LogP contribution is -2.17. The summed E-state index contributed by atoms with van der Waals surface area (Å²) in [6, 6.07) is 8.19. The van der Waals surface area contributed by atoms with E-state index in [1.54, 1.807) is 30.3 Å². The average Bonchev–Trinajstić information content (AvgIpc) is 2.66. The lowest BCUT2D eigenvalue weighted by molar-refractivity contribution is 0.0954. The van der Waals surface area contributed by atoms with Gasteiger partial charge in [0.1, 0.15) is 0 Å². The predicted octanol–water partition coefficient (Wildman–Crippen LogP) is 3.72. The molecular formula is C19H21BrN2O5. The highest BCUT2D eigenvalue weighted by Crippen LogP contribution is 2.34. The van der Waals surface area contributed by atoms with Crippen molar-refractivity contribution in [1.82, 2.24) is 5.43 Å². The molecule has 0 aliphatic heterocycles. The van der Waals surface area contributed by atoms with Gasteiger partial charge in [-0.15, -0.1) is 0 Å². The number of aromatic hydroxyl groups is 1. The van der Waals surface area contributed by atoms with Gasteiger partial charge in [-0.2, -0.15) is 5.10 Å². The van der Waals surface area contributed by atoms with Crippen molar-refractivity contribution in [2.45, 2.75) is 13.8 Å². The van der Waals surface area contributed by atoms with E-state index in [9.17, 15) is 9.90 Å². The Morgan fingerprint density at radius 2 is 1.85 bits per heavy atom. The molecule has 0 bridgehead atoms. The first-order chi connectivity index (χ1) is 13.0. The number of hydrogen-bond donors (Lipinski definition) is 2. The van der Waals surface area contributed by atoms with Gasteiger partial charge in [-0.05, 0) is 65.7 Å². The number of phenolic OH excluding ortho intramolecular Hbond substituents is 1. The highest BCUT2D eigenvalue weighted by molar-refractivity contribution is 9.10. The number of ether oxygens (including phenoxy) is 3. The SMILES string of the molecule is CCOc1ccc(C(=O)N/N=C/c2cc(Br)c(O)c(OC)c2)cc1OCC. The smallest absolute Gasteiger partial charge is 0.271 e. The largest absolute Gasteiger partial charge is 0.503 e. The molecule has 0 radical (unpaired) electrons. The summed E-state index contributed by atoms with van der Waals surface area (Å²) < 4.78 is 16.5. The maximum absolute atomic E-state index is 12.3. The molecule has 0 aliphatic carbocycles. The molecule has 0 aliphatic rings. The molecule has 1 amide bonds. The number of hydrazone groups is 1. The molecule has 144 valence electrons. The Morgan fingerprint density at radius 3 is 2.52 bits per heavy atom. The zero-order chi connectivity index (χ0) is 19.8. The number of nitrogens with one attached hydrogen (secondary N) is 1. The fourth-order valence-corrected chi connectivity index (χ4v) is 2.71. The maximum Gasteiger partial charge on any atom is 0.271 e. The molecule has 0 fully saturated rings. The number of benzene rings is 2. The van der Waals surface area contributed by atoms with E-state index in [1.165, 1.54) is 13.3 Å². The molecule has 2 aromatic rings. The molecule has 2 N–H and O–H groups in total. The Hall–Kier alpha value is -2.74. The van der Waals surface area contributed by atoms with Crippen molar-refractivity contribution in [3.05, 3.63) is 45.9 Å². The van der Waals surface area contributed by atoms with Crippen LogP contribution >= 0.6 is 15.9 Å². The molecule has 0 saturated carbocycles. The van der Waals surface area contributed by atoms with Crippen LogP contribution in [-0.2, 0) is 0 Å². The summed E-state index contributed by atoms with van der Waals surface area (Å²) in [6.45, 7) is 4.70. The molecule has 0 heterocycles. The summed E-state index contributed by atoms with van der Waals surface area (Å²) in [5.41, 5.74) is 3.48. The molecular weight excluding hydrogens is 416 g/mol. The van der Waals surface area contributed by atoms with Gasteiger partial charge < -0.3 is 19.3 Å². The Morgan fingerprint density at radius 1 is 1.15 bits per heavy atom. The number of rotatable bonds is 8. The Kier molecular flexibility index (Phi) is 7.48. The van der Waals surface area contributed by atoms with E-state index >= 15 is 0 Å². The standard InChI is InChI=1S/C19H21BrN2O5/c1-4-26-15-7-6-13(10-16(15)27-5-2)19(24)22-21-11-12-8-14(20)18(23)17(9-12)25-3/h6-11,23H,4-5H2,1-3H3,(H,22,24)/b21-11+. The first-order valence-electron chi connectivity index (χ1n) is 8.29. The van der Waals surface area contributed by atoms with Crippen molar-refractivity contribution in [2.75, 3.05) is 20.3 Å². The summed E-state index contributed by atoms with van der Waals surface area (Å²) >= 11 is 3.23. The normalized spacial score (nSPS) is 10.7. The number of hydrogen-bond acceptors (Lipinski definition) is 6. The van der Waals surface area contributed by atoms with E-state index in [-0.39, 0.29) is 11.7 Å². The number of carbonyl (C=O) groups is 1. The van der Waals surface area contributed by atoms with E-state index in [0.717, 1.165) is 0 Å². The minimum atomic E-state index is -0.389. The number of halogens is 1. The Labute approximate surface area is 166 Å². The third-order valence-electron chi connectivity index (χ3n) is 3.46. The third-order valence-corrected chi connectivity index (χ3v) is 4.06. The quantitative estimate of drug-likeness (QED) is 0.486. The second kappa shape index (κ2) is 9.82. The zero-order valence-corrected chi connectivity index (χ0v) is 16.9. The summed E-state index contributed by atoms with van der Waals surface area (Å²) in [6.07, 6.45) is 1.45. The van der Waals surface area contributed by atoms with E-state index in [2.05, 4.69) is 26.5 Å². The van der Waals surface area contributed by atoms with Gasteiger partial charge in [0.25, 0.3) is 5.91 Å². The Bertz CT molecular complexity index is 839. The van der Waals surface area contributed by atoms with Gasteiger partial charge in [-0.25, -0.2) is 5.43 Å². The van der Waals surface area contributed by atoms with Crippen molar-refractivity contribution >= 4 is 28.1 Å². The Balaban J connectivity index is 2.12. The molecule has 0 aromatic heterocycles. The van der Waals surface area contributed by atoms with Gasteiger partial charge in [0, 0.05) is 5.56 Å². The summed E-state index contributed by atoms with van der Waals surface area (Å²) in [5, 5.41) is 13.8.